The zero-order valence-electron chi connectivity index (χ0n) is 17.4. The second kappa shape index (κ2) is 9.36. The molecule has 13 heteroatoms. The minimum Gasteiger partial charge on any atom is -0.325 e. The summed E-state index contributed by atoms with van der Waals surface area (Å²) < 4.78 is 56.2. The second-order valence-corrected chi connectivity index (χ2v) is 10.7. The summed E-state index contributed by atoms with van der Waals surface area (Å²) >= 11 is 6.97. The number of hydrogen-bond donors (Lipinski definition) is 2. The summed E-state index contributed by atoms with van der Waals surface area (Å²) in [5, 5.41) is 11.2. The molecule has 176 valence electrons. The van der Waals surface area contributed by atoms with Crippen molar-refractivity contribution in [1.82, 2.24) is 14.0 Å². The number of nitrogens with zero attached hydrogens (tertiary/aromatic N) is 3. The number of amides is 1. The number of thiophene rings is 1. The third-order valence-electron chi connectivity index (χ3n) is 5.26. The van der Waals surface area contributed by atoms with Gasteiger partial charge in [-0.25, -0.2) is 13.8 Å². The van der Waals surface area contributed by atoms with Gasteiger partial charge in [0.05, 0.1) is 11.1 Å². The number of aromatic nitrogens is 1. The molecule has 0 radical (unpaired) electrons. The quantitative estimate of drug-likeness (QED) is 0.539. The normalized spacial score (nSPS) is 20.0. The molecule has 0 aliphatic carbocycles. The van der Waals surface area contributed by atoms with Gasteiger partial charge in [-0.3, -0.25) is 4.79 Å². The van der Waals surface area contributed by atoms with E-state index < -0.39 is 39.8 Å². The van der Waals surface area contributed by atoms with Gasteiger partial charge in [0.25, 0.3) is 10.2 Å². The van der Waals surface area contributed by atoms with Gasteiger partial charge in [0.15, 0.2) is 11.5 Å². The molecule has 1 aliphatic heterocycles. The molecule has 0 saturated carbocycles. The fourth-order valence-electron chi connectivity index (χ4n) is 3.45. The highest BCUT2D eigenvalue weighted by atomic mass is 35.5. The molecule has 2 N–H and O–H groups in total. The molecule has 1 aromatic carbocycles. The van der Waals surface area contributed by atoms with Gasteiger partial charge < -0.3 is 5.32 Å². The Morgan fingerprint density at radius 1 is 1.29 bits per heavy atom. The largest absolute Gasteiger partial charge is 0.325 e. The number of carbonyl (C=O) groups excluding carboxylic acids is 1. The van der Waals surface area contributed by atoms with Crippen molar-refractivity contribution in [2.45, 2.75) is 18.5 Å². The van der Waals surface area contributed by atoms with Crippen LogP contribution in [0.15, 0.2) is 42.6 Å². The molecule has 0 spiro atoms. The van der Waals surface area contributed by atoms with E-state index in [1.54, 1.807) is 18.2 Å². The SMILES string of the molecule is CN1C(C(=O)Nc2ccc(F)c(Cl)c2)CC(c2ccc(-c3cnc(C#N)c(F)c3)s2)NS1(=O)=O. The first kappa shape index (κ1) is 24.2. The van der Waals surface area contributed by atoms with Crippen molar-refractivity contribution in [3.8, 4) is 16.5 Å². The van der Waals surface area contributed by atoms with Gasteiger partial charge in [0, 0.05) is 34.2 Å². The number of rotatable bonds is 4. The van der Waals surface area contributed by atoms with Crippen LogP contribution in [0, 0.1) is 23.0 Å². The van der Waals surface area contributed by atoms with Gasteiger partial charge in [-0.1, -0.05) is 11.6 Å². The van der Waals surface area contributed by atoms with Crippen LogP contribution in [0.3, 0.4) is 0 Å². The molecule has 4 rings (SSSR count). The zero-order valence-corrected chi connectivity index (χ0v) is 19.8. The van der Waals surface area contributed by atoms with Crippen LogP contribution < -0.4 is 10.0 Å². The van der Waals surface area contributed by atoms with Crippen molar-refractivity contribution in [1.29, 1.82) is 5.26 Å². The smallest absolute Gasteiger partial charge is 0.280 e. The Kier molecular flexibility index (Phi) is 6.66. The highest BCUT2D eigenvalue weighted by Gasteiger charge is 2.41. The number of anilines is 1. The predicted molar refractivity (Wildman–Crippen MR) is 123 cm³/mol. The number of nitriles is 1. The van der Waals surface area contributed by atoms with E-state index in [0.717, 1.165) is 10.4 Å². The number of benzene rings is 1. The number of pyridine rings is 1. The van der Waals surface area contributed by atoms with Crippen LogP contribution in [0.25, 0.3) is 10.4 Å². The van der Waals surface area contributed by atoms with E-state index in [-0.39, 0.29) is 22.8 Å². The van der Waals surface area contributed by atoms with Gasteiger partial charge in [-0.15, -0.1) is 11.3 Å². The molecular weight excluding hydrogens is 508 g/mol. The zero-order chi connectivity index (χ0) is 24.6. The molecule has 8 nitrogen and oxygen atoms in total. The summed E-state index contributed by atoms with van der Waals surface area (Å²) in [5.74, 6) is -2.00. The first-order valence-electron chi connectivity index (χ1n) is 9.76. The van der Waals surface area contributed by atoms with E-state index in [1.807, 2.05) is 0 Å². The summed E-state index contributed by atoms with van der Waals surface area (Å²) in [7, 11) is -2.71. The molecule has 1 saturated heterocycles. The van der Waals surface area contributed by atoms with E-state index >= 15 is 0 Å². The topological polar surface area (TPSA) is 115 Å². The van der Waals surface area contributed by atoms with Crippen LogP contribution in [-0.2, 0) is 15.0 Å². The number of hydrogen-bond acceptors (Lipinski definition) is 6. The number of nitrogens with one attached hydrogen (secondary N) is 2. The fraction of sp³-hybridized carbons (Fsp3) is 0.190. The molecule has 3 heterocycles. The van der Waals surface area contributed by atoms with E-state index in [4.69, 9.17) is 16.9 Å². The Bertz CT molecular complexity index is 1420. The maximum atomic E-state index is 14.0. The molecule has 2 aromatic heterocycles. The van der Waals surface area contributed by atoms with E-state index in [9.17, 15) is 22.0 Å². The Balaban J connectivity index is 1.58. The molecule has 2 atom stereocenters. The second-order valence-electron chi connectivity index (χ2n) is 7.43. The monoisotopic (exact) mass is 523 g/mol. The van der Waals surface area contributed by atoms with Gasteiger partial charge in [0.2, 0.25) is 5.91 Å². The predicted octanol–water partition coefficient (Wildman–Crippen LogP) is 3.83. The minimum absolute atomic E-state index is 0.108. The highest BCUT2D eigenvalue weighted by molar-refractivity contribution is 7.87. The van der Waals surface area contributed by atoms with Gasteiger partial charge >= 0.3 is 0 Å². The average Bonchev–Trinajstić information content (AvgIpc) is 3.28. The highest BCUT2D eigenvalue weighted by Crippen LogP contribution is 2.36. The Morgan fingerprint density at radius 3 is 2.74 bits per heavy atom. The van der Waals surface area contributed by atoms with Crippen LogP contribution in [0.1, 0.15) is 23.0 Å². The molecule has 1 amide bonds. The van der Waals surface area contributed by atoms with E-state index in [1.165, 1.54) is 42.8 Å². The van der Waals surface area contributed by atoms with Crippen LogP contribution >= 0.6 is 22.9 Å². The number of likely N-dealkylation sites (N-methyl/N-ethyl adjacent to an activating group) is 1. The molecule has 3 aromatic rings. The molecule has 34 heavy (non-hydrogen) atoms. The Hall–Kier alpha value is -2.95. The van der Waals surface area contributed by atoms with Crippen molar-refractivity contribution in [2.24, 2.45) is 0 Å². The molecule has 2 unspecified atom stereocenters. The Labute approximate surface area is 203 Å². The van der Waals surface area contributed by atoms with Gasteiger partial charge in [-0.2, -0.15) is 22.7 Å². The summed E-state index contributed by atoms with van der Waals surface area (Å²) in [6.45, 7) is 0. The van der Waals surface area contributed by atoms with E-state index in [0.29, 0.717) is 15.3 Å². The summed E-state index contributed by atoms with van der Waals surface area (Å²) in [4.78, 5) is 17.9. The lowest BCUT2D eigenvalue weighted by atomic mass is 10.1. The fourth-order valence-corrected chi connectivity index (χ4v) is 6.02. The van der Waals surface area contributed by atoms with Crippen molar-refractivity contribution in [2.75, 3.05) is 12.4 Å². The molecule has 0 bridgehead atoms. The lowest BCUT2D eigenvalue weighted by Crippen LogP contribution is -2.55. The van der Waals surface area contributed by atoms with Gasteiger partial charge in [0.1, 0.15) is 17.9 Å². The lowest BCUT2D eigenvalue weighted by molar-refractivity contribution is -0.120. The molecule has 1 aliphatic rings. The summed E-state index contributed by atoms with van der Waals surface area (Å²) in [6.07, 6.45) is 1.47. The first-order chi connectivity index (χ1) is 16.1. The Morgan fingerprint density at radius 2 is 2.06 bits per heavy atom. The minimum atomic E-state index is -4.00. The van der Waals surface area contributed by atoms with Crippen molar-refractivity contribution in [3.63, 3.8) is 0 Å². The summed E-state index contributed by atoms with van der Waals surface area (Å²) in [5.41, 5.74) is 0.344. The molecular formula is C21H16ClF2N5O3S2. The van der Waals surface area contributed by atoms with Crippen molar-refractivity contribution < 1.29 is 22.0 Å². The van der Waals surface area contributed by atoms with Crippen LogP contribution in [0.2, 0.25) is 5.02 Å². The third-order valence-corrected chi connectivity index (χ3v) is 8.39. The maximum absolute atomic E-state index is 14.0. The maximum Gasteiger partial charge on any atom is 0.280 e. The van der Waals surface area contributed by atoms with Gasteiger partial charge in [-0.05, 0) is 42.8 Å². The van der Waals surface area contributed by atoms with E-state index in [2.05, 4.69) is 15.0 Å². The standard InChI is InChI=1S/C21H16ClF2N5O3S2/c1-29-18(21(30)27-12-2-3-14(23)13(22)7-12)8-16(28-34(29,31)32)20-5-4-19(33-20)11-6-15(24)17(9-25)26-10-11/h2-7,10,16,18,28H,8H2,1H3,(H,27,30). The average molecular weight is 524 g/mol. The first-order valence-corrected chi connectivity index (χ1v) is 12.4. The van der Waals surface area contributed by atoms with Crippen LogP contribution in [0.4, 0.5) is 14.5 Å². The van der Waals surface area contributed by atoms with Crippen molar-refractivity contribution in [3.05, 3.63) is 69.8 Å². The number of halogens is 3. The van der Waals surface area contributed by atoms with Crippen molar-refractivity contribution >= 4 is 44.7 Å². The van der Waals surface area contributed by atoms with Crippen LogP contribution in [0.5, 0.6) is 0 Å². The third kappa shape index (κ3) is 4.79. The number of carbonyl (C=O) groups is 1. The molecule has 1 fully saturated rings. The van der Waals surface area contributed by atoms with Crippen LogP contribution in [-0.4, -0.2) is 36.7 Å². The summed E-state index contributed by atoms with van der Waals surface area (Å²) in [6, 6.07) is 8.08. The lowest BCUT2D eigenvalue weighted by Gasteiger charge is -2.35.